The molecule has 0 aliphatic heterocycles. The molecule has 5 heteroatoms. The Balaban J connectivity index is 2.59. The standard InChI is InChI=1S/C11H9BN2O2/c15-12(16)14-10-4-2-1-3-8(10)9-5-6-13-7-11(9)14/h1-7,15-16H. The van der Waals surface area contributed by atoms with Crippen LogP contribution in [-0.2, 0) is 0 Å². The van der Waals surface area contributed by atoms with Gasteiger partial charge < -0.3 is 14.5 Å². The largest absolute Gasteiger partial charge is 0.592 e. The van der Waals surface area contributed by atoms with Gasteiger partial charge in [-0.3, -0.25) is 4.98 Å². The molecule has 0 amide bonds. The molecule has 0 fully saturated rings. The lowest BCUT2D eigenvalue weighted by Crippen LogP contribution is -2.23. The molecule has 0 saturated carbocycles. The first-order chi connectivity index (χ1) is 7.79. The number of hydrogen-bond donors (Lipinski definition) is 2. The molecule has 1 aromatic carbocycles. The fourth-order valence-electron chi connectivity index (χ4n) is 2.10. The first kappa shape index (κ1) is 9.39. The first-order valence-electron chi connectivity index (χ1n) is 4.98. The minimum atomic E-state index is -1.55. The van der Waals surface area contributed by atoms with Crippen molar-refractivity contribution in [2.75, 3.05) is 0 Å². The van der Waals surface area contributed by atoms with Crippen molar-refractivity contribution >= 4 is 29.1 Å². The summed E-state index contributed by atoms with van der Waals surface area (Å²) >= 11 is 0. The van der Waals surface area contributed by atoms with Gasteiger partial charge in [0, 0.05) is 22.5 Å². The number of aromatic nitrogens is 2. The Morgan fingerprint density at radius 2 is 1.75 bits per heavy atom. The van der Waals surface area contributed by atoms with Crippen LogP contribution < -0.4 is 0 Å². The second kappa shape index (κ2) is 3.33. The first-order valence-corrected chi connectivity index (χ1v) is 4.98. The van der Waals surface area contributed by atoms with Crippen LogP contribution in [0.4, 0.5) is 0 Å². The third-order valence-electron chi connectivity index (χ3n) is 2.74. The van der Waals surface area contributed by atoms with Gasteiger partial charge in [0.25, 0.3) is 0 Å². The SMILES string of the molecule is OB(O)n1c2ccccc2c2ccncc21. The number of fused-ring (bicyclic) bond motifs is 3. The predicted molar refractivity (Wildman–Crippen MR) is 62.8 cm³/mol. The third kappa shape index (κ3) is 1.16. The molecule has 0 saturated heterocycles. The molecule has 3 rings (SSSR count). The summed E-state index contributed by atoms with van der Waals surface area (Å²) in [5.74, 6) is 0. The number of para-hydroxylation sites is 1. The maximum absolute atomic E-state index is 9.40. The van der Waals surface area contributed by atoms with E-state index in [-0.39, 0.29) is 0 Å². The lowest BCUT2D eigenvalue weighted by molar-refractivity contribution is 0.396. The third-order valence-corrected chi connectivity index (χ3v) is 2.74. The van der Waals surface area contributed by atoms with E-state index >= 15 is 0 Å². The van der Waals surface area contributed by atoms with Gasteiger partial charge in [-0.1, -0.05) is 18.2 Å². The molecule has 2 N–H and O–H groups in total. The smallest absolute Gasteiger partial charge is 0.407 e. The van der Waals surface area contributed by atoms with Crippen molar-refractivity contribution in [3.63, 3.8) is 0 Å². The quantitative estimate of drug-likeness (QED) is 0.591. The zero-order chi connectivity index (χ0) is 11.1. The molecule has 0 aliphatic carbocycles. The molecule has 2 aromatic heterocycles. The van der Waals surface area contributed by atoms with Gasteiger partial charge in [-0.05, 0) is 12.1 Å². The van der Waals surface area contributed by atoms with Crippen molar-refractivity contribution < 1.29 is 10.0 Å². The average molecular weight is 212 g/mol. The summed E-state index contributed by atoms with van der Waals surface area (Å²) in [6.45, 7) is 0. The van der Waals surface area contributed by atoms with Gasteiger partial charge >= 0.3 is 7.25 Å². The number of hydrogen-bond acceptors (Lipinski definition) is 3. The highest BCUT2D eigenvalue weighted by atomic mass is 16.4. The van der Waals surface area contributed by atoms with Crippen molar-refractivity contribution in [3.05, 3.63) is 42.7 Å². The van der Waals surface area contributed by atoms with Gasteiger partial charge in [0.1, 0.15) is 0 Å². The molecule has 3 aromatic rings. The monoisotopic (exact) mass is 212 g/mol. The van der Waals surface area contributed by atoms with E-state index in [2.05, 4.69) is 4.98 Å². The van der Waals surface area contributed by atoms with E-state index in [4.69, 9.17) is 0 Å². The molecule has 0 radical (unpaired) electrons. The Kier molecular flexibility index (Phi) is 1.95. The highest BCUT2D eigenvalue weighted by Gasteiger charge is 2.18. The average Bonchev–Trinajstić information content (AvgIpc) is 2.63. The summed E-state index contributed by atoms with van der Waals surface area (Å²) in [7, 11) is -1.55. The van der Waals surface area contributed by atoms with Gasteiger partial charge in [0.15, 0.2) is 0 Å². The van der Waals surface area contributed by atoms with Crippen LogP contribution in [0.3, 0.4) is 0 Å². The van der Waals surface area contributed by atoms with E-state index in [1.807, 2.05) is 30.3 Å². The van der Waals surface area contributed by atoms with Crippen LogP contribution in [0.2, 0.25) is 0 Å². The summed E-state index contributed by atoms with van der Waals surface area (Å²) < 4.78 is 1.46. The minimum Gasteiger partial charge on any atom is -0.407 e. The Labute approximate surface area is 91.9 Å². The van der Waals surface area contributed by atoms with Crippen molar-refractivity contribution in [1.29, 1.82) is 0 Å². The van der Waals surface area contributed by atoms with E-state index in [1.165, 1.54) is 4.48 Å². The second-order valence-corrected chi connectivity index (χ2v) is 3.63. The fourth-order valence-corrected chi connectivity index (χ4v) is 2.10. The van der Waals surface area contributed by atoms with Crippen molar-refractivity contribution in [2.24, 2.45) is 0 Å². The fraction of sp³-hybridized carbons (Fsp3) is 0. The van der Waals surface area contributed by atoms with Crippen molar-refractivity contribution in [1.82, 2.24) is 9.46 Å². The van der Waals surface area contributed by atoms with Gasteiger partial charge in [-0.2, -0.15) is 0 Å². The summed E-state index contributed by atoms with van der Waals surface area (Å²) in [5.41, 5.74) is 1.51. The predicted octanol–water partition coefficient (Wildman–Crippen LogP) is 1.01. The Morgan fingerprint density at radius 1 is 1.00 bits per heavy atom. The van der Waals surface area contributed by atoms with E-state index in [0.717, 1.165) is 21.8 Å². The number of pyridine rings is 1. The van der Waals surface area contributed by atoms with E-state index < -0.39 is 7.25 Å². The molecular formula is C11H9BN2O2. The maximum Gasteiger partial charge on any atom is 0.592 e. The van der Waals surface area contributed by atoms with Crippen LogP contribution in [0.15, 0.2) is 42.7 Å². The highest BCUT2D eigenvalue weighted by Crippen LogP contribution is 2.27. The Bertz CT molecular complexity index is 610. The molecule has 4 nitrogen and oxygen atoms in total. The molecular weight excluding hydrogens is 203 g/mol. The van der Waals surface area contributed by atoms with Crippen LogP contribution in [0, 0.1) is 0 Å². The summed E-state index contributed by atoms with van der Waals surface area (Å²) in [6.07, 6.45) is 3.33. The Hall–Kier alpha value is -1.85. The van der Waals surface area contributed by atoms with Crippen LogP contribution in [0.5, 0.6) is 0 Å². The molecule has 0 bridgehead atoms. The molecule has 0 unspecified atom stereocenters. The molecule has 2 heterocycles. The van der Waals surface area contributed by atoms with Crippen LogP contribution in [0.1, 0.15) is 0 Å². The molecule has 0 spiro atoms. The molecule has 16 heavy (non-hydrogen) atoms. The number of benzene rings is 1. The topological polar surface area (TPSA) is 58.3 Å². The zero-order valence-electron chi connectivity index (χ0n) is 8.41. The highest BCUT2D eigenvalue weighted by molar-refractivity contribution is 6.43. The van der Waals surface area contributed by atoms with Gasteiger partial charge in [0.05, 0.1) is 11.7 Å². The van der Waals surface area contributed by atoms with Crippen molar-refractivity contribution in [3.8, 4) is 0 Å². The number of nitrogens with zero attached hydrogens (tertiary/aromatic N) is 2. The molecule has 0 aliphatic rings. The lowest BCUT2D eigenvalue weighted by atomic mass is 10.1. The molecule has 0 atom stereocenters. The van der Waals surface area contributed by atoms with E-state index in [9.17, 15) is 10.0 Å². The second-order valence-electron chi connectivity index (χ2n) is 3.63. The normalized spacial score (nSPS) is 11.1. The van der Waals surface area contributed by atoms with E-state index in [1.54, 1.807) is 12.4 Å². The van der Waals surface area contributed by atoms with Crippen LogP contribution in [-0.4, -0.2) is 26.8 Å². The Morgan fingerprint density at radius 3 is 2.56 bits per heavy atom. The zero-order valence-corrected chi connectivity index (χ0v) is 8.41. The van der Waals surface area contributed by atoms with Crippen LogP contribution in [0.25, 0.3) is 21.8 Å². The van der Waals surface area contributed by atoms with Gasteiger partial charge in [0.2, 0.25) is 0 Å². The van der Waals surface area contributed by atoms with Crippen molar-refractivity contribution in [2.45, 2.75) is 0 Å². The number of rotatable bonds is 1. The summed E-state index contributed by atoms with van der Waals surface area (Å²) in [4.78, 5) is 4.01. The minimum absolute atomic E-state index is 0.721. The van der Waals surface area contributed by atoms with Gasteiger partial charge in [-0.25, -0.2) is 0 Å². The van der Waals surface area contributed by atoms with Gasteiger partial charge in [-0.15, -0.1) is 0 Å². The van der Waals surface area contributed by atoms with Crippen LogP contribution >= 0.6 is 0 Å². The van der Waals surface area contributed by atoms with E-state index in [0.29, 0.717) is 0 Å². The summed E-state index contributed by atoms with van der Waals surface area (Å²) in [5, 5.41) is 20.8. The summed E-state index contributed by atoms with van der Waals surface area (Å²) in [6, 6.07) is 9.48. The lowest BCUT2D eigenvalue weighted by Gasteiger charge is -2.03. The maximum atomic E-state index is 9.40. The molecule has 78 valence electrons.